The van der Waals surface area contributed by atoms with Gasteiger partial charge in [0.1, 0.15) is 5.78 Å². The van der Waals surface area contributed by atoms with Gasteiger partial charge < -0.3 is 0 Å². The van der Waals surface area contributed by atoms with Crippen molar-refractivity contribution in [2.24, 2.45) is 5.92 Å². The zero-order valence-electron chi connectivity index (χ0n) is 8.22. The van der Waals surface area contributed by atoms with Crippen molar-refractivity contribution in [3.63, 3.8) is 0 Å². The van der Waals surface area contributed by atoms with Gasteiger partial charge in [-0.25, -0.2) is 0 Å². The van der Waals surface area contributed by atoms with E-state index in [0.29, 0.717) is 18.1 Å². The molecule has 72 valence electrons. The van der Waals surface area contributed by atoms with E-state index < -0.39 is 0 Å². The molecule has 0 aromatic carbocycles. The van der Waals surface area contributed by atoms with Gasteiger partial charge in [0.05, 0.1) is 0 Å². The Morgan fingerprint density at radius 1 is 1.31 bits per heavy atom. The topological polar surface area (TPSA) is 17.1 Å². The van der Waals surface area contributed by atoms with E-state index in [1.807, 2.05) is 0 Å². The maximum atomic E-state index is 11.6. The van der Waals surface area contributed by atoms with Gasteiger partial charge in [-0.2, -0.15) is 0 Å². The zero-order valence-corrected chi connectivity index (χ0v) is 8.22. The fourth-order valence-electron chi connectivity index (χ4n) is 1.99. The van der Waals surface area contributed by atoms with Gasteiger partial charge in [0.2, 0.25) is 0 Å². The van der Waals surface area contributed by atoms with Crippen molar-refractivity contribution in [2.45, 2.75) is 51.4 Å². The van der Waals surface area contributed by atoms with Crippen molar-refractivity contribution < 1.29 is 4.79 Å². The summed E-state index contributed by atoms with van der Waals surface area (Å²) in [5.41, 5.74) is 0. The molecule has 1 rings (SSSR count). The van der Waals surface area contributed by atoms with Crippen LogP contribution in [0.4, 0.5) is 0 Å². The van der Waals surface area contributed by atoms with Crippen LogP contribution in [0, 0.1) is 18.3 Å². The predicted molar refractivity (Wildman–Crippen MR) is 54.3 cm³/mol. The summed E-state index contributed by atoms with van der Waals surface area (Å²) in [6.45, 7) is 0. The molecule has 0 spiro atoms. The van der Waals surface area contributed by atoms with Crippen LogP contribution < -0.4 is 0 Å². The number of hydrogen-bond donors (Lipinski definition) is 0. The van der Waals surface area contributed by atoms with Crippen LogP contribution >= 0.6 is 0 Å². The molecule has 0 N–H and O–H groups in total. The maximum absolute atomic E-state index is 11.6. The quantitative estimate of drug-likeness (QED) is 0.478. The standard InChI is InChI=1S/C12H18O/c1-2-3-5-10-12(13)11-8-6-4-7-9-11/h1,11H,3-10H2. The van der Waals surface area contributed by atoms with Gasteiger partial charge in [-0.15, -0.1) is 12.3 Å². The van der Waals surface area contributed by atoms with Crippen LogP contribution in [-0.4, -0.2) is 5.78 Å². The third kappa shape index (κ3) is 3.63. The monoisotopic (exact) mass is 178 g/mol. The lowest BCUT2D eigenvalue weighted by Gasteiger charge is -2.19. The van der Waals surface area contributed by atoms with Gasteiger partial charge in [-0.3, -0.25) is 4.79 Å². The predicted octanol–water partition coefficient (Wildman–Crippen LogP) is 2.94. The normalized spacial score (nSPS) is 18.1. The number of carbonyl (C=O) groups excluding carboxylic acids is 1. The van der Waals surface area contributed by atoms with Crippen LogP contribution in [0.5, 0.6) is 0 Å². The Kier molecular flexibility index (Phi) is 4.60. The molecule has 0 bridgehead atoms. The molecule has 0 amide bonds. The molecule has 0 aromatic rings. The van der Waals surface area contributed by atoms with E-state index in [-0.39, 0.29) is 0 Å². The second-order valence-corrected chi connectivity index (χ2v) is 3.86. The van der Waals surface area contributed by atoms with E-state index in [9.17, 15) is 4.79 Å². The molecule has 0 saturated heterocycles. The van der Waals surface area contributed by atoms with Gasteiger partial charge in [-0.05, 0) is 19.3 Å². The fourth-order valence-corrected chi connectivity index (χ4v) is 1.99. The second kappa shape index (κ2) is 5.80. The Morgan fingerprint density at radius 2 is 2.00 bits per heavy atom. The minimum absolute atomic E-state index is 0.367. The maximum Gasteiger partial charge on any atom is 0.136 e. The highest BCUT2D eigenvalue weighted by Gasteiger charge is 2.19. The molecule has 1 nitrogen and oxygen atoms in total. The van der Waals surface area contributed by atoms with E-state index in [4.69, 9.17) is 6.42 Å². The summed E-state index contributed by atoms with van der Waals surface area (Å²) in [4.78, 5) is 11.6. The summed E-state index contributed by atoms with van der Waals surface area (Å²) in [6.07, 6.45) is 13.5. The summed E-state index contributed by atoms with van der Waals surface area (Å²) in [5.74, 6) is 3.39. The Hall–Kier alpha value is -0.770. The van der Waals surface area contributed by atoms with Crippen LogP contribution in [0.3, 0.4) is 0 Å². The highest BCUT2D eigenvalue weighted by molar-refractivity contribution is 5.81. The molecule has 13 heavy (non-hydrogen) atoms. The number of rotatable bonds is 4. The molecule has 0 heterocycles. The summed E-state index contributed by atoms with van der Waals surface area (Å²) < 4.78 is 0. The van der Waals surface area contributed by atoms with Crippen molar-refractivity contribution in [3.8, 4) is 12.3 Å². The number of terminal acetylenes is 1. The number of carbonyl (C=O) groups is 1. The molecule has 0 aliphatic heterocycles. The lowest BCUT2D eigenvalue weighted by molar-refractivity contribution is -0.123. The molecule has 0 atom stereocenters. The van der Waals surface area contributed by atoms with E-state index in [2.05, 4.69) is 5.92 Å². The molecule has 0 unspecified atom stereocenters. The zero-order chi connectivity index (χ0) is 9.52. The van der Waals surface area contributed by atoms with Crippen LogP contribution in [0.2, 0.25) is 0 Å². The Bertz CT molecular complexity index is 194. The number of Topliss-reactive ketones (excluding diaryl/α,β-unsaturated/α-hetero) is 1. The molecule has 1 aliphatic rings. The van der Waals surface area contributed by atoms with Crippen molar-refractivity contribution >= 4 is 5.78 Å². The Balaban J connectivity index is 2.18. The van der Waals surface area contributed by atoms with Crippen molar-refractivity contribution in [1.29, 1.82) is 0 Å². The van der Waals surface area contributed by atoms with Gasteiger partial charge in [0, 0.05) is 18.8 Å². The molecule has 1 heteroatoms. The van der Waals surface area contributed by atoms with E-state index in [1.54, 1.807) is 0 Å². The number of unbranched alkanes of at least 4 members (excludes halogenated alkanes) is 1. The van der Waals surface area contributed by atoms with Crippen LogP contribution in [0.1, 0.15) is 51.4 Å². The Morgan fingerprint density at radius 3 is 2.62 bits per heavy atom. The first kappa shape index (κ1) is 10.3. The molecule has 0 radical (unpaired) electrons. The molecular weight excluding hydrogens is 160 g/mol. The fraction of sp³-hybridized carbons (Fsp3) is 0.750. The minimum atomic E-state index is 0.367. The van der Waals surface area contributed by atoms with Crippen molar-refractivity contribution in [2.75, 3.05) is 0 Å². The van der Waals surface area contributed by atoms with Crippen molar-refractivity contribution in [1.82, 2.24) is 0 Å². The van der Waals surface area contributed by atoms with Gasteiger partial charge >= 0.3 is 0 Å². The summed E-state index contributed by atoms with van der Waals surface area (Å²) >= 11 is 0. The number of ketones is 1. The highest BCUT2D eigenvalue weighted by atomic mass is 16.1. The molecule has 0 aromatic heterocycles. The van der Waals surface area contributed by atoms with E-state index >= 15 is 0 Å². The van der Waals surface area contributed by atoms with Gasteiger partial charge in [0.25, 0.3) is 0 Å². The summed E-state index contributed by atoms with van der Waals surface area (Å²) in [5, 5.41) is 0. The molecule has 1 aliphatic carbocycles. The van der Waals surface area contributed by atoms with E-state index in [0.717, 1.165) is 25.7 Å². The second-order valence-electron chi connectivity index (χ2n) is 3.86. The first-order valence-electron chi connectivity index (χ1n) is 5.31. The summed E-state index contributed by atoms with van der Waals surface area (Å²) in [7, 11) is 0. The smallest absolute Gasteiger partial charge is 0.136 e. The first-order chi connectivity index (χ1) is 6.34. The lowest BCUT2D eigenvalue weighted by Crippen LogP contribution is -2.17. The minimum Gasteiger partial charge on any atom is -0.299 e. The highest BCUT2D eigenvalue weighted by Crippen LogP contribution is 2.25. The third-order valence-electron chi connectivity index (χ3n) is 2.80. The summed E-state index contributed by atoms with van der Waals surface area (Å²) in [6, 6.07) is 0. The van der Waals surface area contributed by atoms with Crippen LogP contribution in [0.15, 0.2) is 0 Å². The van der Waals surface area contributed by atoms with Gasteiger partial charge in [-0.1, -0.05) is 19.3 Å². The molecule has 1 fully saturated rings. The number of hydrogen-bond acceptors (Lipinski definition) is 1. The first-order valence-corrected chi connectivity index (χ1v) is 5.31. The van der Waals surface area contributed by atoms with Crippen molar-refractivity contribution in [3.05, 3.63) is 0 Å². The Labute approximate surface area is 80.9 Å². The average Bonchev–Trinajstić information content (AvgIpc) is 2.19. The van der Waals surface area contributed by atoms with Gasteiger partial charge in [0.15, 0.2) is 0 Å². The van der Waals surface area contributed by atoms with E-state index in [1.165, 1.54) is 19.3 Å². The largest absolute Gasteiger partial charge is 0.299 e. The molecule has 1 saturated carbocycles. The average molecular weight is 178 g/mol. The lowest BCUT2D eigenvalue weighted by atomic mass is 9.85. The van der Waals surface area contributed by atoms with Crippen LogP contribution in [0.25, 0.3) is 0 Å². The molecular formula is C12H18O. The third-order valence-corrected chi connectivity index (χ3v) is 2.80. The SMILES string of the molecule is C#CCCCC(=O)C1CCCCC1. The van der Waals surface area contributed by atoms with Crippen LogP contribution in [-0.2, 0) is 4.79 Å².